The van der Waals surface area contributed by atoms with Crippen molar-refractivity contribution in [2.24, 2.45) is 0 Å². The Bertz CT molecular complexity index is 643. The van der Waals surface area contributed by atoms with Crippen LogP contribution in [0.25, 0.3) is 10.9 Å². The average Bonchev–Trinajstić information content (AvgIpc) is 2.65. The minimum Gasteiger partial charge on any atom is -0.349 e. The largest absolute Gasteiger partial charge is 0.416 e. The molecule has 1 aliphatic heterocycles. The lowest BCUT2D eigenvalue weighted by atomic mass is 10.1. The molecule has 0 spiro atoms. The van der Waals surface area contributed by atoms with Crippen molar-refractivity contribution in [1.29, 1.82) is 0 Å². The molecule has 0 unspecified atom stereocenters. The van der Waals surface area contributed by atoms with Crippen molar-refractivity contribution in [2.45, 2.75) is 19.3 Å². The number of nitrogens with zero attached hydrogens (tertiary/aromatic N) is 1. The number of carbonyl (C=O) groups is 1. The predicted octanol–water partition coefficient (Wildman–Crippen LogP) is 2.29. The van der Waals surface area contributed by atoms with Crippen LogP contribution in [0.5, 0.6) is 0 Å². The zero-order chi connectivity index (χ0) is 12.9. The van der Waals surface area contributed by atoms with Gasteiger partial charge in [0.15, 0.2) is 0 Å². The highest BCUT2D eigenvalue weighted by Gasteiger charge is 2.31. The van der Waals surface area contributed by atoms with Crippen molar-refractivity contribution >= 4 is 16.8 Å². The van der Waals surface area contributed by atoms with Gasteiger partial charge < -0.3 is 9.88 Å². The molecule has 2 aromatic rings. The molecule has 2 heterocycles. The highest BCUT2D eigenvalue weighted by Crippen LogP contribution is 2.32. The quantitative estimate of drug-likeness (QED) is 0.769. The monoisotopic (exact) mass is 254 g/mol. The fourth-order valence-electron chi connectivity index (χ4n) is 2.21. The smallest absolute Gasteiger partial charge is 0.349 e. The zero-order valence-corrected chi connectivity index (χ0v) is 9.21. The minimum atomic E-state index is -4.37. The first kappa shape index (κ1) is 11.1. The Kier molecular flexibility index (Phi) is 2.17. The summed E-state index contributed by atoms with van der Waals surface area (Å²) in [7, 11) is 0. The molecule has 3 nitrogen and oxygen atoms in total. The Morgan fingerprint density at radius 3 is 2.72 bits per heavy atom. The van der Waals surface area contributed by atoms with E-state index in [-0.39, 0.29) is 12.5 Å². The van der Waals surface area contributed by atoms with Crippen LogP contribution in [0, 0.1) is 0 Å². The van der Waals surface area contributed by atoms with Crippen molar-refractivity contribution in [2.75, 3.05) is 0 Å². The van der Waals surface area contributed by atoms with E-state index in [2.05, 4.69) is 5.32 Å². The number of hydrogen-bond donors (Lipinski definition) is 1. The lowest BCUT2D eigenvalue weighted by Gasteiger charge is -2.17. The van der Waals surface area contributed by atoms with Crippen LogP contribution in [0.1, 0.15) is 11.3 Å². The Hall–Kier alpha value is -1.98. The van der Waals surface area contributed by atoms with Crippen LogP contribution in [0.4, 0.5) is 13.2 Å². The van der Waals surface area contributed by atoms with Crippen LogP contribution in [0.3, 0.4) is 0 Å². The van der Waals surface area contributed by atoms with E-state index < -0.39 is 11.7 Å². The van der Waals surface area contributed by atoms with E-state index in [1.165, 1.54) is 6.07 Å². The number of amides is 1. The number of halogens is 3. The summed E-state index contributed by atoms with van der Waals surface area (Å²) < 4.78 is 39.6. The SMILES string of the molecule is O=C1Cn2c(cc3ccc(C(F)(F)F)cc32)CN1. The molecule has 94 valence electrons. The number of rotatable bonds is 0. The molecule has 0 atom stereocenters. The minimum absolute atomic E-state index is 0.0696. The van der Waals surface area contributed by atoms with Gasteiger partial charge in [0.25, 0.3) is 0 Å². The second-order valence-electron chi connectivity index (χ2n) is 4.27. The first-order valence-corrected chi connectivity index (χ1v) is 5.41. The van der Waals surface area contributed by atoms with Gasteiger partial charge in [0.1, 0.15) is 6.54 Å². The molecule has 1 N–H and O–H groups in total. The van der Waals surface area contributed by atoms with Crippen LogP contribution < -0.4 is 5.32 Å². The second-order valence-corrected chi connectivity index (χ2v) is 4.27. The molecule has 6 heteroatoms. The predicted molar refractivity (Wildman–Crippen MR) is 58.8 cm³/mol. The molecule has 18 heavy (non-hydrogen) atoms. The zero-order valence-electron chi connectivity index (χ0n) is 9.21. The molecule has 0 aliphatic carbocycles. The first-order chi connectivity index (χ1) is 8.45. The standard InChI is InChI=1S/C12H9F3N2O/c13-12(14,15)8-2-1-7-3-9-5-16-11(18)6-17(9)10(7)4-8/h1-4H,5-6H2,(H,16,18). The van der Waals surface area contributed by atoms with Crippen molar-refractivity contribution in [3.05, 3.63) is 35.5 Å². The number of hydrogen-bond acceptors (Lipinski definition) is 1. The van der Waals surface area contributed by atoms with E-state index >= 15 is 0 Å². The Morgan fingerprint density at radius 2 is 2.00 bits per heavy atom. The van der Waals surface area contributed by atoms with Gasteiger partial charge in [0.05, 0.1) is 12.1 Å². The van der Waals surface area contributed by atoms with Gasteiger partial charge in [-0.1, -0.05) is 6.07 Å². The highest BCUT2D eigenvalue weighted by molar-refractivity contribution is 5.86. The number of alkyl halides is 3. The summed E-state index contributed by atoms with van der Waals surface area (Å²) in [6.45, 7) is 0.426. The fraction of sp³-hybridized carbons (Fsp3) is 0.250. The highest BCUT2D eigenvalue weighted by atomic mass is 19.4. The summed E-state index contributed by atoms with van der Waals surface area (Å²) in [6, 6.07) is 5.39. The van der Waals surface area contributed by atoms with Crippen molar-refractivity contribution in [3.63, 3.8) is 0 Å². The third-order valence-electron chi connectivity index (χ3n) is 3.09. The van der Waals surface area contributed by atoms with E-state index in [9.17, 15) is 18.0 Å². The van der Waals surface area contributed by atoms with Gasteiger partial charge in [-0.05, 0) is 23.6 Å². The Morgan fingerprint density at radius 1 is 1.22 bits per heavy atom. The number of benzene rings is 1. The maximum Gasteiger partial charge on any atom is 0.416 e. The molecular formula is C12H9F3N2O. The third kappa shape index (κ3) is 1.64. The summed E-state index contributed by atoms with van der Waals surface area (Å²) in [5.74, 6) is -0.183. The Labute approximate surface area is 100 Å². The Balaban J connectivity index is 2.21. The number of nitrogens with one attached hydrogen (secondary N) is 1. The lowest BCUT2D eigenvalue weighted by Crippen LogP contribution is -2.33. The molecule has 1 aromatic heterocycles. The van der Waals surface area contributed by atoms with E-state index in [0.717, 1.165) is 23.2 Å². The van der Waals surface area contributed by atoms with Crippen LogP contribution in [-0.2, 0) is 24.1 Å². The van der Waals surface area contributed by atoms with Crippen molar-refractivity contribution in [3.8, 4) is 0 Å². The summed E-state index contributed by atoms with van der Waals surface area (Å²) in [5, 5.41) is 3.38. The molecule has 0 saturated carbocycles. The van der Waals surface area contributed by atoms with Crippen LogP contribution in [-0.4, -0.2) is 10.5 Å². The van der Waals surface area contributed by atoms with Crippen LogP contribution in [0.15, 0.2) is 24.3 Å². The fourth-order valence-corrected chi connectivity index (χ4v) is 2.21. The topological polar surface area (TPSA) is 34.0 Å². The molecule has 3 rings (SSSR count). The lowest BCUT2D eigenvalue weighted by molar-refractivity contribution is -0.137. The third-order valence-corrected chi connectivity index (χ3v) is 3.09. The molecule has 0 saturated heterocycles. The van der Waals surface area contributed by atoms with E-state index in [4.69, 9.17) is 0 Å². The molecular weight excluding hydrogens is 245 g/mol. The molecule has 1 aromatic carbocycles. The number of carbonyl (C=O) groups excluding carboxylic acids is 1. The van der Waals surface area contributed by atoms with Gasteiger partial charge in [-0.3, -0.25) is 4.79 Å². The molecule has 1 aliphatic rings. The van der Waals surface area contributed by atoms with E-state index in [0.29, 0.717) is 12.1 Å². The van der Waals surface area contributed by atoms with Crippen LogP contribution in [0.2, 0.25) is 0 Å². The molecule has 0 radical (unpaired) electrons. The summed E-state index contributed by atoms with van der Waals surface area (Å²) >= 11 is 0. The van der Waals surface area contributed by atoms with Gasteiger partial charge in [-0.2, -0.15) is 13.2 Å². The normalized spacial score (nSPS) is 15.6. The maximum absolute atomic E-state index is 12.6. The maximum atomic E-state index is 12.6. The van der Waals surface area contributed by atoms with Gasteiger partial charge in [0.2, 0.25) is 5.91 Å². The number of fused-ring (bicyclic) bond motifs is 3. The van der Waals surface area contributed by atoms with E-state index in [1.807, 2.05) is 0 Å². The summed E-state index contributed by atoms with van der Waals surface area (Å²) in [4.78, 5) is 11.3. The van der Waals surface area contributed by atoms with E-state index in [1.54, 1.807) is 10.6 Å². The summed E-state index contributed by atoms with van der Waals surface area (Å²) in [5.41, 5.74) is 0.584. The summed E-state index contributed by atoms with van der Waals surface area (Å²) in [6.07, 6.45) is -4.37. The van der Waals surface area contributed by atoms with Crippen LogP contribution >= 0.6 is 0 Å². The van der Waals surface area contributed by atoms with Gasteiger partial charge >= 0.3 is 6.18 Å². The van der Waals surface area contributed by atoms with Gasteiger partial charge in [0, 0.05) is 11.2 Å². The van der Waals surface area contributed by atoms with Gasteiger partial charge in [-0.25, -0.2) is 0 Å². The number of aromatic nitrogens is 1. The second kappa shape index (κ2) is 3.51. The van der Waals surface area contributed by atoms with Crippen molar-refractivity contribution in [1.82, 2.24) is 9.88 Å². The van der Waals surface area contributed by atoms with Gasteiger partial charge in [-0.15, -0.1) is 0 Å². The molecule has 0 fully saturated rings. The molecule has 0 bridgehead atoms. The molecule has 1 amide bonds. The average molecular weight is 254 g/mol. The van der Waals surface area contributed by atoms with Crippen molar-refractivity contribution < 1.29 is 18.0 Å². The first-order valence-electron chi connectivity index (χ1n) is 5.41.